The number of carbonyl (C=O) groups is 1. The topological polar surface area (TPSA) is 68.5 Å². The second-order valence-corrected chi connectivity index (χ2v) is 8.79. The summed E-state index contributed by atoms with van der Waals surface area (Å²) in [6.07, 6.45) is 0.199. The Hall–Kier alpha value is -3.52. The van der Waals surface area contributed by atoms with Crippen molar-refractivity contribution in [2.45, 2.75) is 40.3 Å². The molecule has 0 saturated carbocycles. The van der Waals surface area contributed by atoms with E-state index in [1.54, 1.807) is 17.0 Å². The molecule has 6 nitrogen and oxygen atoms in total. The van der Waals surface area contributed by atoms with Gasteiger partial charge in [0, 0.05) is 11.1 Å². The molecule has 0 aliphatic carbocycles. The van der Waals surface area contributed by atoms with Gasteiger partial charge in [-0.05, 0) is 62.7 Å². The molecule has 33 heavy (non-hydrogen) atoms. The predicted molar refractivity (Wildman–Crippen MR) is 125 cm³/mol. The lowest BCUT2D eigenvalue weighted by atomic mass is 10.1. The van der Waals surface area contributed by atoms with Crippen LogP contribution in [-0.2, 0) is 24.4 Å². The zero-order chi connectivity index (χ0) is 23.4. The zero-order valence-corrected chi connectivity index (χ0v) is 19.5. The van der Waals surface area contributed by atoms with E-state index < -0.39 is 0 Å². The average molecular weight is 466 g/mol. The number of benzene rings is 2. The standard InChI is InChI=1S/C25H24FN3O3S/c1-16-24(17(2)32-28-16)14-31-23-10-4-19(5-11-23)12-25(30)29(13-21-15-33-18(3)27-21)22-8-6-20(26)7-9-22/h4-11,15H,12-14H2,1-3H3. The number of carbonyl (C=O) groups excluding carboxylic acids is 1. The molecule has 4 aromatic rings. The number of ether oxygens (including phenoxy) is 1. The summed E-state index contributed by atoms with van der Waals surface area (Å²) in [5.41, 5.74) is 4.03. The van der Waals surface area contributed by atoms with Crippen molar-refractivity contribution < 1.29 is 18.4 Å². The minimum absolute atomic E-state index is 0.100. The number of rotatable bonds is 8. The summed E-state index contributed by atoms with van der Waals surface area (Å²) in [5.74, 6) is 0.991. The molecule has 170 valence electrons. The fourth-order valence-corrected chi connectivity index (χ4v) is 4.03. The molecule has 0 radical (unpaired) electrons. The molecule has 0 spiro atoms. The molecule has 4 rings (SSSR count). The lowest BCUT2D eigenvalue weighted by molar-refractivity contribution is -0.118. The number of hydrogen-bond donors (Lipinski definition) is 0. The molecule has 0 saturated heterocycles. The molecule has 0 aliphatic rings. The molecular weight excluding hydrogens is 441 g/mol. The maximum atomic E-state index is 13.4. The summed E-state index contributed by atoms with van der Waals surface area (Å²) >= 11 is 1.53. The van der Waals surface area contributed by atoms with Crippen LogP contribution in [0.5, 0.6) is 5.75 Å². The van der Waals surface area contributed by atoms with Gasteiger partial charge in [-0.1, -0.05) is 17.3 Å². The predicted octanol–water partition coefficient (Wildman–Crippen LogP) is 5.55. The monoisotopic (exact) mass is 465 g/mol. The van der Waals surface area contributed by atoms with E-state index in [0.717, 1.165) is 33.3 Å². The highest BCUT2D eigenvalue weighted by atomic mass is 32.1. The Bertz CT molecular complexity index is 1210. The number of anilines is 1. The van der Waals surface area contributed by atoms with Gasteiger partial charge >= 0.3 is 0 Å². The average Bonchev–Trinajstić information content (AvgIpc) is 3.36. The van der Waals surface area contributed by atoms with Crippen LogP contribution >= 0.6 is 11.3 Å². The van der Waals surface area contributed by atoms with Gasteiger partial charge in [0.2, 0.25) is 5.91 Å². The van der Waals surface area contributed by atoms with Crippen molar-refractivity contribution >= 4 is 22.9 Å². The van der Waals surface area contributed by atoms with Gasteiger partial charge in [0.15, 0.2) is 0 Å². The molecule has 1 amide bonds. The maximum absolute atomic E-state index is 13.4. The van der Waals surface area contributed by atoms with Crippen LogP contribution in [0.1, 0.15) is 33.3 Å². The van der Waals surface area contributed by atoms with Gasteiger partial charge in [-0.25, -0.2) is 9.37 Å². The molecule has 0 unspecified atom stereocenters. The van der Waals surface area contributed by atoms with E-state index in [1.165, 1.54) is 23.5 Å². The quantitative estimate of drug-likeness (QED) is 0.341. The highest BCUT2D eigenvalue weighted by Crippen LogP contribution is 2.22. The Morgan fingerprint density at radius 1 is 1.09 bits per heavy atom. The van der Waals surface area contributed by atoms with Crippen LogP contribution in [0.4, 0.5) is 10.1 Å². The van der Waals surface area contributed by atoms with Gasteiger partial charge in [0.1, 0.15) is 23.9 Å². The summed E-state index contributed by atoms with van der Waals surface area (Å²) in [5, 5.41) is 6.80. The number of hydrogen-bond acceptors (Lipinski definition) is 6. The van der Waals surface area contributed by atoms with Crippen LogP contribution < -0.4 is 9.64 Å². The number of nitrogens with zero attached hydrogens (tertiary/aromatic N) is 3. The molecule has 2 aromatic heterocycles. The van der Waals surface area contributed by atoms with Crippen molar-refractivity contribution in [2.75, 3.05) is 4.90 Å². The Labute approximate surface area is 195 Å². The first-order chi connectivity index (χ1) is 15.9. The van der Waals surface area contributed by atoms with Crippen LogP contribution in [0, 0.1) is 26.6 Å². The number of thiazole rings is 1. The summed E-state index contributed by atoms with van der Waals surface area (Å²) in [7, 11) is 0. The third-order valence-electron chi connectivity index (χ3n) is 5.27. The normalized spacial score (nSPS) is 10.9. The first-order valence-electron chi connectivity index (χ1n) is 10.5. The van der Waals surface area contributed by atoms with Crippen LogP contribution in [0.3, 0.4) is 0 Å². The maximum Gasteiger partial charge on any atom is 0.231 e. The highest BCUT2D eigenvalue weighted by molar-refractivity contribution is 7.09. The molecule has 8 heteroatoms. The second-order valence-electron chi connectivity index (χ2n) is 7.73. The van der Waals surface area contributed by atoms with E-state index in [9.17, 15) is 9.18 Å². The van der Waals surface area contributed by atoms with E-state index in [2.05, 4.69) is 10.1 Å². The molecule has 0 atom stereocenters. The Balaban J connectivity index is 1.45. The van der Waals surface area contributed by atoms with Crippen molar-refractivity contribution in [1.82, 2.24) is 10.1 Å². The molecular formula is C25H24FN3O3S. The van der Waals surface area contributed by atoms with Crippen molar-refractivity contribution in [3.05, 3.63) is 93.0 Å². The van der Waals surface area contributed by atoms with Gasteiger partial charge in [-0.3, -0.25) is 4.79 Å². The van der Waals surface area contributed by atoms with Crippen LogP contribution in [0.25, 0.3) is 0 Å². The Kier molecular flexibility index (Phi) is 6.84. The first kappa shape index (κ1) is 22.7. The third kappa shape index (κ3) is 5.64. The minimum atomic E-state index is -0.345. The van der Waals surface area contributed by atoms with Crippen molar-refractivity contribution in [2.24, 2.45) is 0 Å². The summed E-state index contributed by atoms with van der Waals surface area (Å²) < 4.78 is 24.4. The largest absolute Gasteiger partial charge is 0.489 e. The van der Waals surface area contributed by atoms with Gasteiger partial charge in [0.05, 0.1) is 34.9 Å². The number of aryl methyl sites for hydroxylation is 3. The fraction of sp³-hybridized carbons (Fsp3) is 0.240. The minimum Gasteiger partial charge on any atom is -0.489 e. The SMILES string of the molecule is Cc1nc(CN(C(=O)Cc2ccc(OCc3c(C)noc3C)cc2)c2ccc(F)cc2)cs1. The summed E-state index contributed by atoms with van der Waals surface area (Å²) in [6.45, 7) is 6.35. The highest BCUT2D eigenvalue weighted by Gasteiger charge is 2.18. The van der Waals surface area contributed by atoms with Crippen LogP contribution in [-0.4, -0.2) is 16.0 Å². The van der Waals surface area contributed by atoms with E-state index in [1.807, 2.05) is 50.4 Å². The van der Waals surface area contributed by atoms with Crippen LogP contribution in [0.2, 0.25) is 0 Å². The van der Waals surface area contributed by atoms with E-state index in [-0.39, 0.29) is 18.1 Å². The van der Waals surface area contributed by atoms with E-state index in [0.29, 0.717) is 24.6 Å². The van der Waals surface area contributed by atoms with Gasteiger partial charge in [-0.2, -0.15) is 0 Å². The number of halogens is 1. The second kappa shape index (κ2) is 9.95. The number of aromatic nitrogens is 2. The molecule has 0 bridgehead atoms. The van der Waals surface area contributed by atoms with Gasteiger partial charge in [-0.15, -0.1) is 11.3 Å². The molecule has 2 heterocycles. The Morgan fingerprint density at radius 2 is 1.82 bits per heavy atom. The van der Waals surface area contributed by atoms with Crippen molar-refractivity contribution in [1.29, 1.82) is 0 Å². The van der Waals surface area contributed by atoms with Crippen molar-refractivity contribution in [3.63, 3.8) is 0 Å². The summed E-state index contributed by atoms with van der Waals surface area (Å²) in [6, 6.07) is 13.3. The Morgan fingerprint density at radius 3 is 2.42 bits per heavy atom. The molecule has 0 fully saturated rings. The first-order valence-corrected chi connectivity index (χ1v) is 11.4. The van der Waals surface area contributed by atoms with Gasteiger partial charge in [0.25, 0.3) is 0 Å². The zero-order valence-electron chi connectivity index (χ0n) is 18.7. The fourth-order valence-electron chi connectivity index (χ4n) is 3.42. The lowest BCUT2D eigenvalue weighted by Crippen LogP contribution is -2.32. The molecule has 0 aliphatic heterocycles. The van der Waals surface area contributed by atoms with E-state index >= 15 is 0 Å². The smallest absolute Gasteiger partial charge is 0.231 e. The number of amides is 1. The van der Waals surface area contributed by atoms with Crippen molar-refractivity contribution in [3.8, 4) is 5.75 Å². The van der Waals surface area contributed by atoms with Crippen LogP contribution in [0.15, 0.2) is 58.4 Å². The molecule has 0 N–H and O–H groups in total. The third-order valence-corrected chi connectivity index (χ3v) is 6.09. The van der Waals surface area contributed by atoms with E-state index in [4.69, 9.17) is 9.26 Å². The lowest BCUT2D eigenvalue weighted by Gasteiger charge is -2.22. The molecule has 2 aromatic carbocycles. The summed E-state index contributed by atoms with van der Waals surface area (Å²) in [4.78, 5) is 19.3. The van der Waals surface area contributed by atoms with Gasteiger partial charge < -0.3 is 14.2 Å².